The van der Waals surface area contributed by atoms with Gasteiger partial charge in [-0.05, 0) is 41.7 Å². The highest BCUT2D eigenvalue weighted by molar-refractivity contribution is 7.18. The molecule has 0 unspecified atom stereocenters. The average molecular weight is 476 g/mol. The van der Waals surface area contributed by atoms with Crippen molar-refractivity contribution in [3.63, 3.8) is 0 Å². The Bertz CT molecular complexity index is 1330. The minimum absolute atomic E-state index is 0.0716. The molecule has 4 aromatic rings. The van der Waals surface area contributed by atoms with Crippen molar-refractivity contribution in [2.75, 3.05) is 0 Å². The van der Waals surface area contributed by atoms with Crippen LogP contribution in [0.4, 0.5) is 0 Å². The topological polar surface area (TPSA) is 54.4 Å². The van der Waals surface area contributed by atoms with Gasteiger partial charge in [0.05, 0.1) is 31.7 Å². The summed E-state index contributed by atoms with van der Waals surface area (Å²) in [6.07, 6.45) is 0.680. The lowest BCUT2D eigenvalue weighted by atomic mass is 9.86. The number of hydrogen-bond acceptors (Lipinski definition) is 4. The van der Waals surface area contributed by atoms with Gasteiger partial charge in [0, 0.05) is 10.9 Å². The standard InChI is InChI=1S/C27H26ClN3OS/c1-5-21(24-14-15-25(28)33-24)30-31-26(32)20-16-23(29-22-9-7-6-8-19(20)22)17-10-12-18(13-11-17)27(2,3)4/h6-16H,5H2,1-4H3,(H,31,32). The summed E-state index contributed by atoms with van der Waals surface area (Å²) in [5, 5.41) is 5.19. The molecule has 0 saturated heterocycles. The maximum atomic E-state index is 13.2. The summed E-state index contributed by atoms with van der Waals surface area (Å²) in [6.45, 7) is 8.57. The smallest absolute Gasteiger partial charge is 0.267 e. The fraction of sp³-hybridized carbons (Fsp3) is 0.222. The van der Waals surface area contributed by atoms with Crippen LogP contribution < -0.4 is 5.43 Å². The molecular formula is C27H26ClN3OS. The van der Waals surface area contributed by atoms with E-state index < -0.39 is 0 Å². The number of benzene rings is 2. The van der Waals surface area contributed by atoms with Gasteiger partial charge in [-0.2, -0.15) is 5.10 Å². The third kappa shape index (κ3) is 5.15. The van der Waals surface area contributed by atoms with Crippen molar-refractivity contribution in [1.82, 2.24) is 10.4 Å². The fourth-order valence-corrected chi connectivity index (χ4v) is 4.71. The number of nitrogens with one attached hydrogen (secondary N) is 1. The first-order chi connectivity index (χ1) is 15.8. The summed E-state index contributed by atoms with van der Waals surface area (Å²) in [5.74, 6) is -0.269. The third-order valence-electron chi connectivity index (χ3n) is 5.49. The van der Waals surface area contributed by atoms with Gasteiger partial charge in [0.15, 0.2) is 0 Å². The Kier molecular flexibility index (Phi) is 6.63. The van der Waals surface area contributed by atoms with Crippen molar-refractivity contribution in [2.24, 2.45) is 5.10 Å². The third-order valence-corrected chi connectivity index (χ3v) is 6.77. The lowest BCUT2D eigenvalue weighted by Gasteiger charge is -2.19. The SMILES string of the molecule is CCC(=NNC(=O)c1cc(-c2ccc(C(C)(C)C)cc2)nc2ccccc12)c1ccc(Cl)s1. The molecule has 0 aliphatic rings. The van der Waals surface area contributed by atoms with E-state index in [1.807, 2.05) is 49.4 Å². The zero-order valence-electron chi connectivity index (χ0n) is 19.1. The van der Waals surface area contributed by atoms with E-state index in [4.69, 9.17) is 16.6 Å². The Morgan fingerprint density at radius 3 is 2.42 bits per heavy atom. The van der Waals surface area contributed by atoms with E-state index in [1.54, 1.807) is 0 Å². The quantitative estimate of drug-likeness (QED) is 0.240. The van der Waals surface area contributed by atoms with Crippen molar-refractivity contribution < 1.29 is 4.79 Å². The Hall–Kier alpha value is -3.02. The van der Waals surface area contributed by atoms with Gasteiger partial charge in [-0.15, -0.1) is 11.3 Å². The summed E-state index contributed by atoms with van der Waals surface area (Å²) < 4.78 is 0.694. The minimum atomic E-state index is -0.269. The first-order valence-electron chi connectivity index (χ1n) is 10.9. The number of thiophene rings is 1. The van der Waals surface area contributed by atoms with Gasteiger partial charge in [0.25, 0.3) is 5.91 Å². The number of rotatable bonds is 5. The predicted molar refractivity (Wildman–Crippen MR) is 140 cm³/mol. The molecule has 0 spiro atoms. The molecule has 2 aromatic heterocycles. The summed E-state index contributed by atoms with van der Waals surface area (Å²) in [6, 6.07) is 21.6. The largest absolute Gasteiger partial charge is 0.272 e. The number of pyridine rings is 1. The summed E-state index contributed by atoms with van der Waals surface area (Å²) >= 11 is 7.51. The number of nitrogens with zero attached hydrogens (tertiary/aromatic N) is 2. The molecule has 0 saturated carbocycles. The molecule has 0 aliphatic heterocycles. The molecule has 4 rings (SSSR count). The molecule has 1 N–H and O–H groups in total. The maximum absolute atomic E-state index is 13.2. The van der Waals surface area contributed by atoms with E-state index in [9.17, 15) is 4.79 Å². The summed E-state index contributed by atoms with van der Waals surface area (Å²) in [4.78, 5) is 19.0. The van der Waals surface area contributed by atoms with Gasteiger partial charge in [-0.1, -0.05) is 81.8 Å². The second-order valence-electron chi connectivity index (χ2n) is 8.86. The molecule has 168 valence electrons. The minimum Gasteiger partial charge on any atom is -0.267 e. The number of hydrogen-bond donors (Lipinski definition) is 1. The van der Waals surface area contributed by atoms with Gasteiger partial charge in [-0.3, -0.25) is 4.79 Å². The lowest BCUT2D eigenvalue weighted by Crippen LogP contribution is -2.20. The molecule has 1 amide bonds. The zero-order chi connectivity index (χ0) is 23.6. The number of fused-ring (bicyclic) bond motifs is 1. The number of carbonyl (C=O) groups excluding carboxylic acids is 1. The molecule has 0 fully saturated rings. The van der Waals surface area contributed by atoms with Crippen LogP contribution in [0.3, 0.4) is 0 Å². The van der Waals surface area contributed by atoms with Crippen molar-refractivity contribution in [3.05, 3.63) is 87.1 Å². The van der Waals surface area contributed by atoms with E-state index in [0.29, 0.717) is 16.3 Å². The fourth-order valence-electron chi connectivity index (χ4n) is 3.61. The molecule has 4 nitrogen and oxygen atoms in total. The van der Waals surface area contributed by atoms with Crippen LogP contribution in [0.15, 0.2) is 71.8 Å². The highest BCUT2D eigenvalue weighted by Crippen LogP contribution is 2.28. The highest BCUT2D eigenvalue weighted by Gasteiger charge is 2.16. The first-order valence-corrected chi connectivity index (χ1v) is 12.1. The second kappa shape index (κ2) is 9.46. The molecule has 2 heterocycles. The highest BCUT2D eigenvalue weighted by atomic mass is 35.5. The Balaban J connectivity index is 1.71. The van der Waals surface area contributed by atoms with Crippen molar-refractivity contribution in [3.8, 4) is 11.3 Å². The van der Waals surface area contributed by atoms with Crippen LogP contribution in [0.25, 0.3) is 22.2 Å². The van der Waals surface area contributed by atoms with Gasteiger partial charge >= 0.3 is 0 Å². The Morgan fingerprint density at radius 1 is 1.06 bits per heavy atom. The van der Waals surface area contributed by atoms with Gasteiger partial charge in [0.2, 0.25) is 0 Å². The number of para-hydroxylation sites is 1. The molecule has 0 aliphatic carbocycles. The van der Waals surface area contributed by atoms with Crippen LogP contribution in [0, 0.1) is 0 Å². The molecule has 2 aromatic carbocycles. The van der Waals surface area contributed by atoms with Gasteiger partial charge in [-0.25, -0.2) is 10.4 Å². The predicted octanol–water partition coefficient (Wildman–Crippen LogP) is 7.46. The molecule has 0 atom stereocenters. The number of carbonyl (C=O) groups is 1. The molecule has 6 heteroatoms. The van der Waals surface area contributed by atoms with E-state index in [0.717, 1.165) is 32.7 Å². The average Bonchev–Trinajstić information content (AvgIpc) is 3.24. The van der Waals surface area contributed by atoms with Crippen LogP contribution in [-0.2, 0) is 5.41 Å². The van der Waals surface area contributed by atoms with E-state index >= 15 is 0 Å². The van der Waals surface area contributed by atoms with Crippen LogP contribution in [-0.4, -0.2) is 16.6 Å². The first kappa shape index (κ1) is 23.1. The molecule has 0 bridgehead atoms. The van der Waals surface area contributed by atoms with Crippen molar-refractivity contribution >= 4 is 45.5 Å². The van der Waals surface area contributed by atoms with Crippen LogP contribution >= 0.6 is 22.9 Å². The lowest BCUT2D eigenvalue weighted by molar-refractivity contribution is 0.0956. The normalized spacial score (nSPS) is 12.2. The summed E-state index contributed by atoms with van der Waals surface area (Å²) in [5.41, 5.74) is 7.88. The van der Waals surface area contributed by atoms with Crippen LogP contribution in [0.1, 0.15) is 54.9 Å². The monoisotopic (exact) mass is 475 g/mol. The van der Waals surface area contributed by atoms with Crippen molar-refractivity contribution in [2.45, 2.75) is 39.5 Å². The number of amides is 1. The molecule has 0 radical (unpaired) electrons. The van der Waals surface area contributed by atoms with Crippen LogP contribution in [0.2, 0.25) is 4.34 Å². The van der Waals surface area contributed by atoms with Crippen LogP contribution in [0.5, 0.6) is 0 Å². The Labute approximate surface area is 203 Å². The zero-order valence-corrected chi connectivity index (χ0v) is 20.7. The van der Waals surface area contributed by atoms with E-state index in [2.05, 4.69) is 55.6 Å². The maximum Gasteiger partial charge on any atom is 0.272 e. The van der Waals surface area contributed by atoms with Gasteiger partial charge < -0.3 is 0 Å². The van der Waals surface area contributed by atoms with Gasteiger partial charge in [0.1, 0.15) is 0 Å². The number of aromatic nitrogens is 1. The number of hydrazone groups is 1. The Morgan fingerprint density at radius 2 is 1.79 bits per heavy atom. The molecule has 33 heavy (non-hydrogen) atoms. The van der Waals surface area contributed by atoms with E-state index in [-0.39, 0.29) is 11.3 Å². The van der Waals surface area contributed by atoms with E-state index in [1.165, 1.54) is 16.9 Å². The van der Waals surface area contributed by atoms with Crippen molar-refractivity contribution in [1.29, 1.82) is 0 Å². The number of halogens is 1. The molecular weight excluding hydrogens is 450 g/mol. The second-order valence-corrected chi connectivity index (χ2v) is 10.6. The summed E-state index contributed by atoms with van der Waals surface area (Å²) in [7, 11) is 0.